The smallest absolute Gasteiger partial charge is 0.257 e. The molecule has 2 aromatic rings. The van der Waals surface area contributed by atoms with Crippen LogP contribution in [0.4, 0.5) is 10.1 Å². The van der Waals surface area contributed by atoms with Gasteiger partial charge in [-0.3, -0.25) is 14.9 Å². The Labute approximate surface area is 178 Å². The molecule has 1 fully saturated rings. The Hall–Kier alpha value is -2.55. The van der Waals surface area contributed by atoms with E-state index in [9.17, 15) is 14.0 Å². The molecule has 3 rings (SSSR count). The molecule has 1 saturated heterocycles. The molecule has 0 spiro atoms. The van der Waals surface area contributed by atoms with Gasteiger partial charge in [-0.15, -0.1) is 0 Å². The molecule has 0 aromatic heterocycles. The maximum atomic E-state index is 13.0. The maximum Gasteiger partial charge on any atom is 0.257 e. The Morgan fingerprint density at radius 3 is 2.31 bits per heavy atom. The number of halogens is 2. The van der Waals surface area contributed by atoms with E-state index < -0.39 is 11.7 Å². The highest BCUT2D eigenvalue weighted by Gasteiger charge is 2.21. The Bertz CT molecular complexity index is 931. The summed E-state index contributed by atoms with van der Waals surface area (Å²) in [6.07, 6.45) is 0. The summed E-state index contributed by atoms with van der Waals surface area (Å²) < 4.78 is 13.0. The highest BCUT2D eigenvalue weighted by atomic mass is 35.5. The summed E-state index contributed by atoms with van der Waals surface area (Å²) >= 11 is 11.4. The minimum absolute atomic E-state index is 0.0189. The normalized spacial score (nSPS) is 14.4. The van der Waals surface area contributed by atoms with Gasteiger partial charge in [0, 0.05) is 37.3 Å². The lowest BCUT2D eigenvalue weighted by Crippen LogP contribution is -2.47. The number of piperazine rings is 1. The van der Waals surface area contributed by atoms with E-state index in [1.165, 1.54) is 24.3 Å². The van der Waals surface area contributed by atoms with Crippen molar-refractivity contribution < 1.29 is 14.0 Å². The molecule has 0 bridgehead atoms. The molecular formula is C20H20ClFN4O2S. The summed E-state index contributed by atoms with van der Waals surface area (Å²) in [5.41, 5.74) is 1.16. The monoisotopic (exact) mass is 434 g/mol. The average molecular weight is 435 g/mol. The largest absolute Gasteiger partial charge is 0.336 e. The molecule has 9 heteroatoms. The van der Waals surface area contributed by atoms with Crippen molar-refractivity contribution in [1.29, 1.82) is 0 Å². The molecule has 6 nitrogen and oxygen atoms in total. The van der Waals surface area contributed by atoms with E-state index in [1.54, 1.807) is 23.1 Å². The molecule has 0 atom stereocenters. The van der Waals surface area contributed by atoms with E-state index in [0.29, 0.717) is 29.4 Å². The molecule has 0 saturated carbocycles. The summed E-state index contributed by atoms with van der Waals surface area (Å²) in [6.45, 7) is 2.97. The number of amides is 2. The average Bonchev–Trinajstić information content (AvgIpc) is 2.70. The zero-order valence-corrected chi connectivity index (χ0v) is 17.3. The standard InChI is InChI=1S/C20H20ClFN4O2S/c1-25-8-10-26(11-9-25)19(28)14-4-7-16(21)17(12-14)23-20(29)24-18(27)13-2-5-15(22)6-3-13/h2-7,12H,8-11H2,1H3,(H2,23,24,27,29). The first-order chi connectivity index (χ1) is 13.8. The van der Waals surface area contributed by atoms with E-state index in [0.717, 1.165) is 13.1 Å². The fraction of sp³-hybridized carbons (Fsp3) is 0.250. The van der Waals surface area contributed by atoms with Crippen LogP contribution in [0, 0.1) is 5.82 Å². The quantitative estimate of drug-likeness (QED) is 0.727. The zero-order chi connectivity index (χ0) is 21.0. The third-order valence-corrected chi connectivity index (χ3v) is 5.12. The van der Waals surface area contributed by atoms with Gasteiger partial charge in [0.2, 0.25) is 0 Å². The number of anilines is 1. The Kier molecular flexibility index (Phi) is 6.79. The van der Waals surface area contributed by atoms with Crippen molar-refractivity contribution in [2.45, 2.75) is 0 Å². The predicted molar refractivity (Wildman–Crippen MR) is 115 cm³/mol. The fourth-order valence-corrected chi connectivity index (χ4v) is 3.24. The number of carbonyl (C=O) groups is 2. The summed E-state index contributed by atoms with van der Waals surface area (Å²) in [5.74, 6) is -1.00. The summed E-state index contributed by atoms with van der Waals surface area (Å²) in [5, 5.41) is 5.73. The van der Waals surface area contributed by atoms with Gasteiger partial charge in [0.25, 0.3) is 11.8 Å². The van der Waals surface area contributed by atoms with E-state index in [2.05, 4.69) is 15.5 Å². The lowest BCUT2D eigenvalue weighted by atomic mass is 10.1. The topological polar surface area (TPSA) is 64.7 Å². The molecule has 2 N–H and O–H groups in total. The summed E-state index contributed by atoms with van der Waals surface area (Å²) in [6, 6.07) is 9.97. The number of hydrogen-bond acceptors (Lipinski definition) is 4. The van der Waals surface area contributed by atoms with Gasteiger partial charge < -0.3 is 15.1 Å². The number of benzene rings is 2. The fourth-order valence-electron chi connectivity index (χ4n) is 2.88. The van der Waals surface area contributed by atoms with Crippen molar-refractivity contribution in [3.63, 3.8) is 0 Å². The van der Waals surface area contributed by atoms with Gasteiger partial charge in [0.05, 0.1) is 10.7 Å². The van der Waals surface area contributed by atoms with Crippen LogP contribution in [-0.4, -0.2) is 60.0 Å². The molecule has 1 aliphatic heterocycles. The Balaban J connectivity index is 1.66. The maximum absolute atomic E-state index is 13.0. The van der Waals surface area contributed by atoms with E-state index in [-0.39, 0.29) is 16.6 Å². The number of thiocarbonyl (C=S) groups is 1. The first-order valence-corrected chi connectivity index (χ1v) is 9.77. The minimum atomic E-state index is -0.483. The molecule has 0 radical (unpaired) electrons. The van der Waals surface area contributed by atoms with Crippen molar-refractivity contribution in [2.24, 2.45) is 0 Å². The summed E-state index contributed by atoms with van der Waals surface area (Å²) in [4.78, 5) is 28.9. The SMILES string of the molecule is CN1CCN(C(=O)c2ccc(Cl)c(NC(=S)NC(=O)c3ccc(F)cc3)c2)CC1. The van der Waals surface area contributed by atoms with Gasteiger partial charge in [-0.25, -0.2) is 4.39 Å². The zero-order valence-electron chi connectivity index (χ0n) is 15.7. The Morgan fingerprint density at radius 2 is 1.66 bits per heavy atom. The number of nitrogens with one attached hydrogen (secondary N) is 2. The van der Waals surface area contributed by atoms with E-state index in [4.69, 9.17) is 23.8 Å². The lowest BCUT2D eigenvalue weighted by Gasteiger charge is -2.32. The van der Waals surface area contributed by atoms with Gasteiger partial charge in [-0.1, -0.05) is 11.6 Å². The van der Waals surface area contributed by atoms with Crippen LogP contribution in [0.2, 0.25) is 5.02 Å². The van der Waals surface area contributed by atoms with Crippen LogP contribution in [0.1, 0.15) is 20.7 Å². The second-order valence-electron chi connectivity index (χ2n) is 6.71. The number of hydrogen-bond donors (Lipinski definition) is 2. The first-order valence-electron chi connectivity index (χ1n) is 8.99. The predicted octanol–water partition coefficient (Wildman–Crippen LogP) is 2.99. The van der Waals surface area contributed by atoms with Crippen LogP contribution >= 0.6 is 23.8 Å². The molecule has 152 valence electrons. The van der Waals surface area contributed by atoms with Gasteiger partial charge >= 0.3 is 0 Å². The van der Waals surface area contributed by atoms with Crippen molar-refractivity contribution in [2.75, 3.05) is 38.5 Å². The summed E-state index contributed by atoms with van der Waals surface area (Å²) in [7, 11) is 2.02. The van der Waals surface area contributed by atoms with Crippen molar-refractivity contribution in [3.8, 4) is 0 Å². The van der Waals surface area contributed by atoms with Crippen molar-refractivity contribution in [1.82, 2.24) is 15.1 Å². The Morgan fingerprint density at radius 1 is 1.03 bits per heavy atom. The second-order valence-corrected chi connectivity index (χ2v) is 7.52. The van der Waals surface area contributed by atoms with Gasteiger partial charge in [0.1, 0.15) is 5.82 Å². The first kappa shape index (κ1) is 21.2. The molecule has 29 heavy (non-hydrogen) atoms. The number of rotatable bonds is 3. The van der Waals surface area contributed by atoms with Gasteiger partial charge in [-0.2, -0.15) is 0 Å². The molecule has 2 aromatic carbocycles. The van der Waals surface area contributed by atoms with Gasteiger partial charge in [0.15, 0.2) is 5.11 Å². The third kappa shape index (κ3) is 5.50. The van der Waals surface area contributed by atoms with Crippen LogP contribution in [0.15, 0.2) is 42.5 Å². The molecule has 1 aliphatic rings. The minimum Gasteiger partial charge on any atom is -0.336 e. The van der Waals surface area contributed by atoms with Crippen LogP contribution in [0.25, 0.3) is 0 Å². The molecule has 0 aliphatic carbocycles. The molecule has 2 amide bonds. The van der Waals surface area contributed by atoms with Crippen molar-refractivity contribution >= 4 is 46.4 Å². The lowest BCUT2D eigenvalue weighted by molar-refractivity contribution is 0.0664. The van der Waals surface area contributed by atoms with E-state index >= 15 is 0 Å². The van der Waals surface area contributed by atoms with E-state index in [1.807, 2.05) is 7.05 Å². The second kappa shape index (κ2) is 9.30. The molecular weight excluding hydrogens is 415 g/mol. The van der Waals surface area contributed by atoms with Crippen LogP contribution in [0.5, 0.6) is 0 Å². The van der Waals surface area contributed by atoms with Crippen LogP contribution < -0.4 is 10.6 Å². The van der Waals surface area contributed by atoms with Crippen molar-refractivity contribution in [3.05, 3.63) is 64.4 Å². The van der Waals surface area contributed by atoms with Crippen LogP contribution in [-0.2, 0) is 0 Å². The highest BCUT2D eigenvalue weighted by molar-refractivity contribution is 7.80. The number of nitrogens with zero attached hydrogens (tertiary/aromatic N) is 2. The number of likely N-dealkylation sites (N-methyl/N-ethyl adjacent to an activating group) is 1. The molecule has 1 heterocycles. The van der Waals surface area contributed by atoms with Crippen LogP contribution in [0.3, 0.4) is 0 Å². The molecule has 0 unspecified atom stereocenters. The number of carbonyl (C=O) groups excluding carboxylic acids is 2. The van der Waals surface area contributed by atoms with Gasteiger partial charge in [-0.05, 0) is 61.7 Å². The highest BCUT2D eigenvalue weighted by Crippen LogP contribution is 2.24. The third-order valence-electron chi connectivity index (χ3n) is 4.59.